The van der Waals surface area contributed by atoms with Gasteiger partial charge in [0.05, 0.1) is 12.8 Å². The Bertz CT molecular complexity index is 46.8. The zero-order chi connectivity index (χ0) is 4.83. The van der Waals surface area contributed by atoms with E-state index in [1.54, 1.807) is 0 Å². The molecular formula is C2H7NO2Si. The SMILES string of the molecule is ON=CCO[SiH3]. The fourth-order valence-electron chi connectivity index (χ4n) is 0.108. The van der Waals surface area contributed by atoms with Gasteiger partial charge in [-0.3, -0.25) is 0 Å². The average Bonchev–Trinajstić information content (AvgIpc) is 1.61. The van der Waals surface area contributed by atoms with Crippen LogP contribution in [0.4, 0.5) is 0 Å². The van der Waals surface area contributed by atoms with Crippen molar-refractivity contribution in [3.05, 3.63) is 0 Å². The minimum atomic E-state index is 0.433. The van der Waals surface area contributed by atoms with Gasteiger partial charge in [0.15, 0.2) is 0 Å². The molecule has 0 radical (unpaired) electrons. The average molecular weight is 105 g/mol. The van der Waals surface area contributed by atoms with Gasteiger partial charge in [0.1, 0.15) is 10.5 Å². The fourth-order valence-corrected chi connectivity index (χ4v) is 0.257. The Balaban J connectivity index is 2.66. The molecule has 0 fully saturated rings. The summed E-state index contributed by atoms with van der Waals surface area (Å²) in [4.78, 5) is 0. The molecular weight excluding hydrogens is 98.1 g/mol. The Hall–Kier alpha value is -0.353. The molecule has 36 valence electrons. The van der Waals surface area contributed by atoms with Gasteiger partial charge in [0.25, 0.3) is 0 Å². The smallest absolute Gasteiger partial charge is 0.146 e. The highest BCUT2D eigenvalue weighted by atomic mass is 28.2. The highest BCUT2D eigenvalue weighted by Gasteiger charge is 1.64. The topological polar surface area (TPSA) is 41.8 Å². The van der Waals surface area contributed by atoms with E-state index in [0.29, 0.717) is 17.1 Å². The van der Waals surface area contributed by atoms with Gasteiger partial charge in [-0.2, -0.15) is 0 Å². The third kappa shape index (κ3) is 3.65. The molecule has 1 N–H and O–H groups in total. The second-order valence-electron chi connectivity index (χ2n) is 0.753. The van der Waals surface area contributed by atoms with Crippen LogP contribution >= 0.6 is 0 Å². The maximum absolute atomic E-state index is 7.70. The number of hydrogen-bond acceptors (Lipinski definition) is 3. The van der Waals surface area contributed by atoms with Crippen molar-refractivity contribution in [3.63, 3.8) is 0 Å². The van der Waals surface area contributed by atoms with Crippen LogP contribution in [0.15, 0.2) is 5.16 Å². The minimum Gasteiger partial charge on any atom is -0.423 e. The van der Waals surface area contributed by atoms with E-state index >= 15 is 0 Å². The Morgan fingerprint density at radius 1 is 2.00 bits per heavy atom. The van der Waals surface area contributed by atoms with Crippen LogP contribution in [0.3, 0.4) is 0 Å². The molecule has 0 bridgehead atoms. The van der Waals surface area contributed by atoms with Crippen molar-refractivity contribution >= 4 is 16.7 Å². The monoisotopic (exact) mass is 105 g/mol. The first-order valence-corrected chi connectivity index (χ1v) is 2.38. The Kier molecular flexibility index (Phi) is 4.37. The lowest BCUT2D eigenvalue weighted by Gasteiger charge is -1.81. The summed E-state index contributed by atoms with van der Waals surface area (Å²) in [6, 6.07) is 0. The van der Waals surface area contributed by atoms with E-state index in [2.05, 4.69) is 9.58 Å². The van der Waals surface area contributed by atoms with Gasteiger partial charge in [-0.1, -0.05) is 5.16 Å². The molecule has 0 heterocycles. The molecule has 0 aromatic carbocycles. The molecule has 0 amide bonds. The molecule has 0 saturated heterocycles. The van der Waals surface area contributed by atoms with Crippen molar-refractivity contribution in [3.8, 4) is 0 Å². The van der Waals surface area contributed by atoms with Gasteiger partial charge >= 0.3 is 0 Å². The van der Waals surface area contributed by atoms with E-state index in [0.717, 1.165) is 0 Å². The number of oxime groups is 1. The summed E-state index contributed by atoms with van der Waals surface area (Å²) in [5.74, 6) is 0. The maximum atomic E-state index is 7.70. The Morgan fingerprint density at radius 3 is 2.83 bits per heavy atom. The summed E-state index contributed by atoms with van der Waals surface area (Å²) in [5, 5.41) is 10.4. The molecule has 0 aromatic rings. The lowest BCUT2D eigenvalue weighted by molar-refractivity contribution is 0.315. The number of rotatable bonds is 2. The normalized spacial score (nSPS) is 10.7. The Morgan fingerprint density at radius 2 is 2.67 bits per heavy atom. The molecule has 0 atom stereocenters. The highest BCUT2D eigenvalue weighted by molar-refractivity contribution is 5.98. The van der Waals surface area contributed by atoms with Gasteiger partial charge in [0.2, 0.25) is 0 Å². The highest BCUT2D eigenvalue weighted by Crippen LogP contribution is 1.55. The summed E-state index contributed by atoms with van der Waals surface area (Å²) >= 11 is 0. The van der Waals surface area contributed by atoms with E-state index in [9.17, 15) is 0 Å². The molecule has 0 aliphatic carbocycles. The van der Waals surface area contributed by atoms with Crippen LogP contribution in [-0.2, 0) is 4.43 Å². The van der Waals surface area contributed by atoms with Crippen molar-refractivity contribution in [1.82, 2.24) is 0 Å². The second kappa shape index (κ2) is 4.65. The van der Waals surface area contributed by atoms with E-state index in [4.69, 9.17) is 5.21 Å². The van der Waals surface area contributed by atoms with Gasteiger partial charge in [-0.15, -0.1) is 0 Å². The zero-order valence-electron chi connectivity index (χ0n) is 3.59. The lowest BCUT2D eigenvalue weighted by atomic mass is 10.8. The standard InChI is InChI=1S/C2H7NO2Si/c4-3-1-2-5-6/h1,4H,2H2,6H3. The molecule has 0 saturated carbocycles. The molecule has 0 unspecified atom stereocenters. The minimum absolute atomic E-state index is 0.433. The van der Waals surface area contributed by atoms with Crippen LogP contribution in [0.5, 0.6) is 0 Å². The largest absolute Gasteiger partial charge is 0.423 e. The summed E-state index contributed by atoms with van der Waals surface area (Å²) in [5.41, 5.74) is 0. The molecule has 3 nitrogen and oxygen atoms in total. The molecule has 0 aromatic heterocycles. The van der Waals surface area contributed by atoms with Crippen LogP contribution in [0, 0.1) is 0 Å². The Labute approximate surface area is 39.2 Å². The van der Waals surface area contributed by atoms with Gasteiger partial charge < -0.3 is 9.63 Å². The maximum Gasteiger partial charge on any atom is 0.146 e. The summed E-state index contributed by atoms with van der Waals surface area (Å²) in [7, 11) is 0.701. The first-order valence-electron chi connectivity index (χ1n) is 1.56. The van der Waals surface area contributed by atoms with Crippen molar-refractivity contribution < 1.29 is 9.63 Å². The van der Waals surface area contributed by atoms with Crippen molar-refractivity contribution in [1.29, 1.82) is 0 Å². The quantitative estimate of drug-likeness (QED) is 0.206. The van der Waals surface area contributed by atoms with Crippen LogP contribution in [0.2, 0.25) is 0 Å². The van der Waals surface area contributed by atoms with Crippen LogP contribution in [0.25, 0.3) is 0 Å². The van der Waals surface area contributed by atoms with Crippen molar-refractivity contribution in [2.24, 2.45) is 5.16 Å². The van der Waals surface area contributed by atoms with E-state index < -0.39 is 0 Å². The molecule has 4 heteroatoms. The molecule has 0 spiro atoms. The van der Waals surface area contributed by atoms with Gasteiger partial charge in [-0.25, -0.2) is 0 Å². The predicted octanol–water partition coefficient (Wildman–Crippen LogP) is -1.26. The van der Waals surface area contributed by atoms with E-state index in [1.165, 1.54) is 6.21 Å². The summed E-state index contributed by atoms with van der Waals surface area (Å²) < 4.78 is 4.61. The number of nitrogens with zero attached hydrogens (tertiary/aromatic N) is 1. The number of hydrogen-bond donors (Lipinski definition) is 1. The summed E-state index contributed by atoms with van der Waals surface area (Å²) in [6.07, 6.45) is 1.30. The molecule has 6 heavy (non-hydrogen) atoms. The molecule has 0 rings (SSSR count). The summed E-state index contributed by atoms with van der Waals surface area (Å²) in [6.45, 7) is 0.433. The van der Waals surface area contributed by atoms with Crippen LogP contribution < -0.4 is 0 Å². The first kappa shape index (κ1) is 5.65. The second-order valence-corrected chi connectivity index (χ2v) is 1.33. The predicted molar refractivity (Wildman–Crippen MR) is 26.2 cm³/mol. The third-order valence-electron chi connectivity index (χ3n) is 0.323. The van der Waals surface area contributed by atoms with Crippen LogP contribution in [-0.4, -0.2) is 28.5 Å². The molecule has 0 aliphatic heterocycles. The van der Waals surface area contributed by atoms with Crippen molar-refractivity contribution in [2.45, 2.75) is 0 Å². The fraction of sp³-hybridized carbons (Fsp3) is 0.500. The van der Waals surface area contributed by atoms with Crippen LogP contribution in [0.1, 0.15) is 0 Å². The third-order valence-corrected chi connectivity index (χ3v) is 0.656. The lowest BCUT2D eigenvalue weighted by Crippen LogP contribution is -1.88. The van der Waals surface area contributed by atoms with E-state index in [-0.39, 0.29) is 0 Å². The van der Waals surface area contributed by atoms with E-state index in [1.807, 2.05) is 0 Å². The van der Waals surface area contributed by atoms with Gasteiger partial charge in [0, 0.05) is 0 Å². The zero-order valence-corrected chi connectivity index (χ0v) is 5.59. The van der Waals surface area contributed by atoms with Gasteiger partial charge in [-0.05, 0) is 0 Å². The molecule has 0 aliphatic rings. The first-order chi connectivity index (χ1) is 2.91. The van der Waals surface area contributed by atoms with Crippen molar-refractivity contribution in [2.75, 3.05) is 6.61 Å².